The van der Waals surface area contributed by atoms with Crippen LogP contribution in [0.5, 0.6) is 5.75 Å². The number of hydrazone groups is 1. The van der Waals surface area contributed by atoms with Crippen LogP contribution in [0, 0.1) is 13.8 Å². The van der Waals surface area contributed by atoms with Gasteiger partial charge in [0.05, 0.1) is 24.2 Å². The number of carbonyl (C=O) groups excluding carboxylic acids is 1. The highest BCUT2D eigenvalue weighted by Gasteiger charge is 2.32. The van der Waals surface area contributed by atoms with Gasteiger partial charge in [-0.25, -0.2) is 9.63 Å². The Morgan fingerprint density at radius 2 is 2.00 bits per heavy atom. The van der Waals surface area contributed by atoms with Crippen LogP contribution in [0.1, 0.15) is 43.4 Å². The van der Waals surface area contributed by atoms with Crippen LogP contribution >= 0.6 is 11.3 Å². The summed E-state index contributed by atoms with van der Waals surface area (Å²) < 4.78 is 17.2. The molecule has 1 aliphatic rings. The number of rotatable bonds is 11. The van der Waals surface area contributed by atoms with Crippen LogP contribution in [-0.4, -0.2) is 57.9 Å². The molecule has 0 unspecified atom stereocenters. The average Bonchev–Trinajstić information content (AvgIpc) is 3.59. The number of nitrogens with zero attached hydrogens (tertiary/aromatic N) is 5. The van der Waals surface area contributed by atoms with E-state index in [1.807, 2.05) is 31.4 Å². The number of ether oxygens (including phenoxy) is 2. The molecule has 0 N–H and O–H groups in total. The third-order valence-electron chi connectivity index (χ3n) is 5.44. The third kappa shape index (κ3) is 6.28. The fraction of sp³-hybridized carbons (Fsp3) is 0.440. The van der Waals surface area contributed by atoms with Gasteiger partial charge in [-0.3, -0.25) is 4.90 Å². The van der Waals surface area contributed by atoms with Crippen molar-refractivity contribution in [2.75, 3.05) is 19.9 Å². The van der Waals surface area contributed by atoms with Crippen molar-refractivity contribution in [1.29, 1.82) is 0 Å². The first-order valence-electron chi connectivity index (χ1n) is 11.7. The number of hydrogen-bond acceptors (Lipinski definition) is 11. The molecule has 0 spiro atoms. The largest absolute Gasteiger partial charge is 0.476 e. The van der Waals surface area contributed by atoms with Crippen molar-refractivity contribution < 1.29 is 23.5 Å². The van der Waals surface area contributed by atoms with Gasteiger partial charge in [0.15, 0.2) is 5.60 Å². The summed E-state index contributed by atoms with van der Waals surface area (Å²) in [6.07, 6.45) is 1.71. The number of benzene rings is 1. The number of hydrogen-bond donors (Lipinski definition) is 0. The SMILES string of the molecule is CCOC(=O)C(C)(C)Oc1c(C)cc(CN(Cc2nnc(-c3cccs3)o2)CN2N=CCO2)cc1C. The second-order valence-electron chi connectivity index (χ2n) is 8.94. The first-order chi connectivity index (χ1) is 17.2. The lowest BCUT2D eigenvalue weighted by Gasteiger charge is -2.27. The molecule has 0 bridgehead atoms. The highest BCUT2D eigenvalue weighted by atomic mass is 32.1. The van der Waals surface area contributed by atoms with Crippen molar-refractivity contribution in [1.82, 2.24) is 20.3 Å². The van der Waals surface area contributed by atoms with Gasteiger partial charge in [0.25, 0.3) is 5.89 Å². The Labute approximate surface area is 214 Å². The van der Waals surface area contributed by atoms with E-state index < -0.39 is 11.6 Å². The Balaban J connectivity index is 1.51. The monoisotopic (exact) mass is 513 g/mol. The summed E-state index contributed by atoms with van der Waals surface area (Å²) >= 11 is 1.55. The van der Waals surface area contributed by atoms with Crippen LogP contribution in [0.15, 0.2) is 39.2 Å². The minimum Gasteiger partial charge on any atom is -0.476 e. The van der Waals surface area contributed by atoms with E-state index in [0.717, 1.165) is 21.6 Å². The van der Waals surface area contributed by atoms with E-state index in [9.17, 15) is 4.79 Å². The zero-order chi connectivity index (χ0) is 25.7. The number of aromatic nitrogens is 2. The number of thiophene rings is 1. The van der Waals surface area contributed by atoms with E-state index in [-0.39, 0.29) is 0 Å². The van der Waals surface area contributed by atoms with E-state index in [4.69, 9.17) is 18.7 Å². The minimum atomic E-state index is -1.09. The number of aryl methyl sites for hydroxylation is 2. The summed E-state index contributed by atoms with van der Waals surface area (Å²) in [5, 5.41) is 16.2. The maximum atomic E-state index is 12.3. The first-order valence-corrected chi connectivity index (χ1v) is 12.6. The van der Waals surface area contributed by atoms with Crippen molar-refractivity contribution in [3.8, 4) is 16.5 Å². The number of carbonyl (C=O) groups is 1. The fourth-order valence-electron chi connectivity index (χ4n) is 3.84. The zero-order valence-electron chi connectivity index (χ0n) is 21.2. The van der Waals surface area contributed by atoms with E-state index in [0.29, 0.717) is 50.5 Å². The molecule has 4 rings (SSSR count). The molecule has 0 saturated carbocycles. The van der Waals surface area contributed by atoms with Gasteiger partial charge in [-0.05, 0) is 62.8 Å². The summed E-state index contributed by atoms with van der Waals surface area (Å²) in [6.45, 7) is 11.3. The minimum absolute atomic E-state index is 0.304. The standard InChI is InChI=1S/C25H31N5O5S/c1-6-32-24(31)25(4,5)35-22-17(2)12-19(13-18(22)3)14-29(16-30-26-9-10-33-30)15-21-27-28-23(34-21)20-8-7-11-36-20/h7-9,11-13H,6,10,14-16H2,1-5H3. The Bertz CT molecular complexity index is 1180. The lowest BCUT2D eigenvalue weighted by Crippen LogP contribution is -2.40. The molecule has 10 nitrogen and oxygen atoms in total. The van der Waals surface area contributed by atoms with E-state index >= 15 is 0 Å². The number of esters is 1. The van der Waals surface area contributed by atoms with Crippen LogP contribution in [-0.2, 0) is 27.5 Å². The topological polar surface area (TPSA) is 103 Å². The Kier molecular flexibility index (Phi) is 8.02. The van der Waals surface area contributed by atoms with E-state index in [1.165, 1.54) is 5.17 Å². The highest BCUT2D eigenvalue weighted by molar-refractivity contribution is 7.13. The van der Waals surface area contributed by atoms with Crippen molar-refractivity contribution in [3.05, 3.63) is 52.2 Å². The van der Waals surface area contributed by atoms with Gasteiger partial charge < -0.3 is 13.9 Å². The molecule has 0 saturated heterocycles. The Morgan fingerprint density at radius 3 is 2.64 bits per heavy atom. The lowest BCUT2D eigenvalue weighted by atomic mass is 10.0. The lowest BCUT2D eigenvalue weighted by molar-refractivity contribution is -0.158. The molecule has 0 fully saturated rings. The van der Waals surface area contributed by atoms with Crippen LogP contribution in [0.25, 0.3) is 10.8 Å². The smallest absolute Gasteiger partial charge is 0.349 e. The fourth-order valence-corrected chi connectivity index (χ4v) is 4.49. The summed E-state index contributed by atoms with van der Waals surface area (Å²) in [5.74, 6) is 1.29. The molecule has 0 amide bonds. The number of hydroxylamine groups is 1. The zero-order valence-corrected chi connectivity index (χ0v) is 22.0. The van der Waals surface area contributed by atoms with Crippen molar-refractivity contribution in [2.24, 2.45) is 5.10 Å². The highest BCUT2D eigenvalue weighted by Crippen LogP contribution is 2.30. The van der Waals surface area contributed by atoms with Crippen LogP contribution in [0.3, 0.4) is 0 Å². The molecule has 36 heavy (non-hydrogen) atoms. The van der Waals surface area contributed by atoms with Gasteiger partial charge in [-0.1, -0.05) is 18.2 Å². The van der Waals surface area contributed by atoms with Gasteiger partial charge in [-0.15, -0.1) is 21.5 Å². The summed E-state index contributed by atoms with van der Waals surface area (Å²) in [7, 11) is 0. The molecule has 0 radical (unpaired) electrons. The predicted molar refractivity (Wildman–Crippen MR) is 135 cm³/mol. The summed E-state index contributed by atoms with van der Waals surface area (Å²) in [6, 6.07) is 8.00. The average molecular weight is 514 g/mol. The van der Waals surface area contributed by atoms with Crippen molar-refractivity contribution >= 4 is 23.5 Å². The maximum absolute atomic E-state index is 12.3. The Hall–Kier alpha value is -3.28. The van der Waals surface area contributed by atoms with E-state index in [2.05, 4.69) is 32.3 Å². The molecule has 3 heterocycles. The molecule has 1 aromatic carbocycles. The molecule has 0 aliphatic carbocycles. The third-order valence-corrected chi connectivity index (χ3v) is 6.30. The molecule has 3 aromatic rings. The molecule has 0 atom stereocenters. The van der Waals surface area contributed by atoms with Crippen LogP contribution in [0.2, 0.25) is 0 Å². The molecule has 2 aromatic heterocycles. The van der Waals surface area contributed by atoms with Crippen LogP contribution in [0.4, 0.5) is 0 Å². The second-order valence-corrected chi connectivity index (χ2v) is 9.89. The van der Waals surface area contributed by atoms with Gasteiger partial charge in [-0.2, -0.15) is 10.3 Å². The second kappa shape index (κ2) is 11.2. The van der Waals surface area contributed by atoms with Crippen molar-refractivity contribution in [3.63, 3.8) is 0 Å². The first kappa shape index (κ1) is 25.8. The maximum Gasteiger partial charge on any atom is 0.349 e. The molecule has 11 heteroatoms. The molecular weight excluding hydrogens is 482 g/mol. The molecule has 1 aliphatic heterocycles. The van der Waals surface area contributed by atoms with Gasteiger partial charge in [0, 0.05) is 6.54 Å². The van der Waals surface area contributed by atoms with Gasteiger partial charge in [0.2, 0.25) is 5.89 Å². The molecule has 192 valence electrons. The summed E-state index contributed by atoms with van der Waals surface area (Å²) in [5.41, 5.74) is 1.82. The Morgan fingerprint density at radius 1 is 1.22 bits per heavy atom. The van der Waals surface area contributed by atoms with Crippen LogP contribution < -0.4 is 4.74 Å². The van der Waals surface area contributed by atoms with Crippen molar-refractivity contribution in [2.45, 2.75) is 53.3 Å². The van der Waals surface area contributed by atoms with E-state index in [1.54, 1.807) is 38.3 Å². The summed E-state index contributed by atoms with van der Waals surface area (Å²) in [4.78, 5) is 20.9. The quantitative estimate of drug-likeness (QED) is 0.347. The normalized spacial score (nSPS) is 13.6. The molecular formula is C25H31N5O5S. The van der Waals surface area contributed by atoms with Gasteiger partial charge >= 0.3 is 5.97 Å². The predicted octanol–water partition coefficient (Wildman–Crippen LogP) is 4.33. The van der Waals surface area contributed by atoms with Gasteiger partial charge in [0.1, 0.15) is 19.0 Å².